The molecule has 10 heteroatoms. The van der Waals surface area contributed by atoms with Gasteiger partial charge in [0.1, 0.15) is 24.7 Å². The van der Waals surface area contributed by atoms with E-state index in [1.807, 2.05) is 18.2 Å². The molecule has 1 aromatic heterocycles. The van der Waals surface area contributed by atoms with Gasteiger partial charge < -0.3 is 18.7 Å². The van der Waals surface area contributed by atoms with Crippen LogP contribution in [0.4, 0.5) is 0 Å². The zero-order valence-corrected chi connectivity index (χ0v) is 17.1. The lowest BCUT2D eigenvalue weighted by atomic mass is 10.1. The highest BCUT2D eigenvalue weighted by Crippen LogP contribution is 2.38. The number of rotatable bonds is 8. The van der Waals surface area contributed by atoms with Crippen LogP contribution in [0.5, 0.6) is 17.2 Å². The van der Waals surface area contributed by atoms with Gasteiger partial charge in [-0.1, -0.05) is 11.2 Å². The molecule has 3 heterocycles. The Morgan fingerprint density at radius 3 is 3.00 bits per heavy atom. The normalized spacial score (nSPS) is 19.4. The molecule has 1 fully saturated rings. The summed E-state index contributed by atoms with van der Waals surface area (Å²) < 4.78 is 49.3. The Morgan fingerprint density at radius 1 is 1.31 bits per heavy atom. The average Bonchev–Trinajstić information content (AvgIpc) is 3.36. The second-order valence-electron chi connectivity index (χ2n) is 7.18. The molecule has 2 aromatic rings. The Bertz CT molecular complexity index is 945. The fourth-order valence-electron chi connectivity index (χ4n) is 3.58. The lowest BCUT2D eigenvalue weighted by Crippen LogP contribution is -2.32. The first-order chi connectivity index (χ1) is 14.0. The van der Waals surface area contributed by atoms with Crippen molar-refractivity contribution in [1.82, 2.24) is 14.8 Å². The van der Waals surface area contributed by atoms with E-state index >= 15 is 0 Å². The molecule has 29 heavy (non-hydrogen) atoms. The highest BCUT2D eigenvalue weighted by molar-refractivity contribution is 7.89. The van der Waals surface area contributed by atoms with Gasteiger partial charge in [-0.3, -0.25) is 4.90 Å². The van der Waals surface area contributed by atoms with Gasteiger partial charge in [-0.25, -0.2) is 13.1 Å². The molecular weight excluding hydrogens is 398 g/mol. The molecule has 0 aliphatic carbocycles. The number of benzene rings is 1. The Labute approximate surface area is 170 Å². The first kappa shape index (κ1) is 20.0. The third-order valence-corrected chi connectivity index (χ3v) is 6.64. The Hall–Kier alpha value is -2.30. The van der Waals surface area contributed by atoms with Crippen molar-refractivity contribution in [3.63, 3.8) is 0 Å². The maximum Gasteiger partial charge on any atom is 0.245 e. The Morgan fingerprint density at radius 2 is 2.17 bits per heavy atom. The van der Waals surface area contributed by atoms with E-state index in [0.29, 0.717) is 49.4 Å². The molecule has 1 unspecified atom stereocenters. The summed E-state index contributed by atoms with van der Waals surface area (Å²) in [5, 5.41) is 3.53. The van der Waals surface area contributed by atoms with Crippen molar-refractivity contribution >= 4 is 10.0 Å². The molecule has 0 radical (unpaired) electrons. The Balaban J connectivity index is 1.22. The van der Waals surface area contributed by atoms with E-state index in [1.54, 1.807) is 6.92 Å². The van der Waals surface area contributed by atoms with E-state index < -0.39 is 10.0 Å². The molecule has 1 atom stereocenters. The van der Waals surface area contributed by atoms with Crippen LogP contribution in [0, 0.1) is 12.8 Å². The third kappa shape index (κ3) is 4.65. The van der Waals surface area contributed by atoms with Crippen LogP contribution in [0.3, 0.4) is 0 Å². The quantitative estimate of drug-likeness (QED) is 0.680. The van der Waals surface area contributed by atoms with Crippen molar-refractivity contribution in [2.75, 3.05) is 46.0 Å². The molecule has 0 bridgehead atoms. The van der Waals surface area contributed by atoms with Gasteiger partial charge >= 0.3 is 0 Å². The SMILES string of the molecule is Cc1oncc1S(=O)(=O)NCC1CCN(CCOc2cccc3c2OCCO3)C1. The zero-order valence-electron chi connectivity index (χ0n) is 16.3. The van der Waals surface area contributed by atoms with E-state index in [-0.39, 0.29) is 10.8 Å². The summed E-state index contributed by atoms with van der Waals surface area (Å²) in [6.45, 7) is 6.06. The molecular formula is C19H25N3O6S. The third-order valence-electron chi connectivity index (χ3n) is 5.12. The van der Waals surface area contributed by atoms with Crippen molar-refractivity contribution in [2.45, 2.75) is 18.2 Å². The van der Waals surface area contributed by atoms with Gasteiger partial charge in [-0.2, -0.15) is 0 Å². The van der Waals surface area contributed by atoms with Gasteiger partial charge in [0.25, 0.3) is 0 Å². The zero-order chi connectivity index (χ0) is 20.3. The maximum absolute atomic E-state index is 12.3. The second kappa shape index (κ2) is 8.60. The maximum atomic E-state index is 12.3. The molecule has 0 saturated carbocycles. The number of fused-ring (bicyclic) bond motifs is 1. The smallest absolute Gasteiger partial charge is 0.245 e. The van der Waals surface area contributed by atoms with Crippen LogP contribution in [0.15, 0.2) is 33.8 Å². The summed E-state index contributed by atoms with van der Waals surface area (Å²) in [5.41, 5.74) is 0. The van der Waals surface area contributed by atoms with E-state index in [9.17, 15) is 8.42 Å². The van der Waals surface area contributed by atoms with E-state index in [4.69, 9.17) is 18.7 Å². The number of nitrogens with zero attached hydrogens (tertiary/aromatic N) is 2. The monoisotopic (exact) mass is 423 g/mol. The van der Waals surface area contributed by atoms with Gasteiger partial charge in [0.2, 0.25) is 15.8 Å². The van der Waals surface area contributed by atoms with Gasteiger partial charge in [0.05, 0.1) is 6.20 Å². The van der Waals surface area contributed by atoms with Gasteiger partial charge in [0.15, 0.2) is 17.3 Å². The summed E-state index contributed by atoms with van der Waals surface area (Å²) in [5.74, 6) is 2.61. The molecule has 158 valence electrons. The summed E-state index contributed by atoms with van der Waals surface area (Å²) in [6.07, 6.45) is 2.16. The van der Waals surface area contributed by atoms with Crippen LogP contribution in [0.2, 0.25) is 0 Å². The fraction of sp³-hybridized carbons (Fsp3) is 0.526. The lowest BCUT2D eigenvalue weighted by Gasteiger charge is -2.22. The van der Waals surface area contributed by atoms with Gasteiger partial charge in [-0.05, 0) is 37.9 Å². The van der Waals surface area contributed by atoms with Crippen molar-refractivity contribution in [3.8, 4) is 17.2 Å². The summed E-state index contributed by atoms with van der Waals surface area (Å²) in [7, 11) is -3.59. The van der Waals surface area contributed by atoms with Crippen molar-refractivity contribution in [2.24, 2.45) is 5.92 Å². The van der Waals surface area contributed by atoms with Crippen molar-refractivity contribution in [1.29, 1.82) is 0 Å². The van der Waals surface area contributed by atoms with E-state index in [2.05, 4.69) is 14.8 Å². The topological polar surface area (TPSA) is 103 Å². The number of hydrogen-bond donors (Lipinski definition) is 1. The predicted octanol–water partition coefficient (Wildman–Crippen LogP) is 1.43. The highest BCUT2D eigenvalue weighted by Gasteiger charge is 2.26. The van der Waals surface area contributed by atoms with Crippen LogP contribution in [0.25, 0.3) is 0 Å². The van der Waals surface area contributed by atoms with Gasteiger partial charge in [0, 0.05) is 19.6 Å². The number of hydrogen-bond acceptors (Lipinski definition) is 8. The lowest BCUT2D eigenvalue weighted by molar-refractivity contribution is 0.158. The van der Waals surface area contributed by atoms with Crippen LogP contribution in [0.1, 0.15) is 12.2 Å². The molecule has 1 aromatic carbocycles. The van der Waals surface area contributed by atoms with Crippen molar-refractivity contribution in [3.05, 3.63) is 30.2 Å². The van der Waals surface area contributed by atoms with Crippen LogP contribution in [-0.2, 0) is 10.0 Å². The molecule has 0 amide bonds. The molecule has 1 N–H and O–H groups in total. The first-order valence-corrected chi connectivity index (χ1v) is 11.2. The van der Waals surface area contributed by atoms with Gasteiger partial charge in [-0.15, -0.1) is 0 Å². The molecule has 4 rings (SSSR count). The van der Waals surface area contributed by atoms with E-state index in [1.165, 1.54) is 6.20 Å². The summed E-state index contributed by atoms with van der Waals surface area (Å²) >= 11 is 0. The molecule has 1 saturated heterocycles. The van der Waals surface area contributed by atoms with Crippen molar-refractivity contribution < 1.29 is 27.2 Å². The number of aromatic nitrogens is 1. The molecule has 2 aliphatic heterocycles. The number of sulfonamides is 1. The minimum absolute atomic E-state index is 0.0955. The first-order valence-electron chi connectivity index (χ1n) is 9.67. The Kier molecular flexibility index (Phi) is 5.93. The number of likely N-dealkylation sites (tertiary alicyclic amines) is 1. The summed E-state index contributed by atoms with van der Waals surface area (Å²) in [6, 6.07) is 5.63. The van der Waals surface area contributed by atoms with E-state index in [0.717, 1.165) is 26.1 Å². The summed E-state index contributed by atoms with van der Waals surface area (Å²) in [4.78, 5) is 2.37. The standard InChI is InChI=1S/C19H25N3O6S/c1-14-18(12-20-28-14)29(23,24)21-11-15-5-6-22(13-15)7-8-25-16-3-2-4-17-19(16)27-10-9-26-17/h2-4,12,15,21H,5-11,13H2,1H3. The minimum Gasteiger partial charge on any atom is -0.488 e. The largest absolute Gasteiger partial charge is 0.488 e. The molecule has 2 aliphatic rings. The molecule has 0 spiro atoms. The molecule has 9 nitrogen and oxygen atoms in total. The van der Waals surface area contributed by atoms with Crippen LogP contribution in [-0.4, -0.2) is 64.5 Å². The number of aryl methyl sites for hydroxylation is 1. The fourth-order valence-corrected chi connectivity index (χ4v) is 4.79. The predicted molar refractivity (Wildman–Crippen MR) is 104 cm³/mol. The second-order valence-corrected chi connectivity index (χ2v) is 8.92. The average molecular weight is 423 g/mol. The number of nitrogens with one attached hydrogen (secondary N) is 1. The number of ether oxygens (including phenoxy) is 3. The highest BCUT2D eigenvalue weighted by atomic mass is 32.2. The number of para-hydroxylation sites is 1. The van der Waals surface area contributed by atoms with Crippen LogP contribution < -0.4 is 18.9 Å². The van der Waals surface area contributed by atoms with Crippen LogP contribution >= 0.6 is 0 Å². The minimum atomic E-state index is -3.59.